The van der Waals surface area contributed by atoms with E-state index in [1.54, 1.807) is 13.0 Å². The van der Waals surface area contributed by atoms with Crippen LogP contribution >= 0.6 is 23.5 Å². The number of halogens is 3. The van der Waals surface area contributed by atoms with Gasteiger partial charge in [-0.05, 0) is 31.8 Å². The van der Waals surface area contributed by atoms with Crippen LogP contribution in [-0.2, 0) is 4.79 Å². The first kappa shape index (κ1) is 19.9. The molecule has 1 amide bonds. The number of alkyl halides is 2. The smallest absolute Gasteiger partial charge is 0.401 e. The van der Waals surface area contributed by atoms with Crippen molar-refractivity contribution in [2.45, 2.75) is 13.2 Å². The Morgan fingerprint density at radius 3 is 2.61 bits per heavy atom. The minimum absolute atomic E-state index is 0.135. The van der Waals surface area contributed by atoms with Crippen molar-refractivity contribution in [1.29, 1.82) is 0 Å². The van der Waals surface area contributed by atoms with Crippen LogP contribution in [0.3, 0.4) is 0 Å². The molecule has 146 valence electrons. The molecule has 0 spiro atoms. The summed E-state index contributed by atoms with van der Waals surface area (Å²) in [6, 6.07) is 5.71. The average molecular weight is 427 g/mol. The van der Waals surface area contributed by atoms with Crippen LogP contribution in [-0.4, -0.2) is 23.9 Å². The molecule has 3 rings (SSSR count). The predicted molar refractivity (Wildman–Crippen MR) is 104 cm³/mol. The molecule has 7 nitrogen and oxygen atoms in total. The van der Waals surface area contributed by atoms with Gasteiger partial charge in [0, 0.05) is 41.0 Å². The van der Waals surface area contributed by atoms with Gasteiger partial charge in [-0.2, -0.15) is 0 Å². The van der Waals surface area contributed by atoms with Crippen molar-refractivity contribution < 1.29 is 23.0 Å². The summed E-state index contributed by atoms with van der Waals surface area (Å²) < 4.78 is 38.8. The highest BCUT2D eigenvalue weighted by atomic mass is 35.5. The van der Waals surface area contributed by atoms with Gasteiger partial charge in [0.1, 0.15) is 10.7 Å². The number of anilines is 1. The van der Waals surface area contributed by atoms with Crippen LogP contribution in [0.1, 0.15) is 6.92 Å². The molecular formula is C17H13ClF2N4O3S. The first-order valence-electron chi connectivity index (χ1n) is 7.67. The molecule has 0 radical (unpaired) electrons. The largest absolute Gasteiger partial charge is 0.586 e. The molecule has 0 unspecified atom stereocenters. The second-order valence-corrected chi connectivity index (χ2v) is 6.82. The Labute approximate surface area is 167 Å². The fraction of sp³-hybridized carbons (Fsp3) is 0.118. The molecule has 2 aromatic rings. The third-order valence-electron chi connectivity index (χ3n) is 3.53. The minimum Gasteiger partial charge on any atom is -0.401 e. The lowest BCUT2D eigenvalue weighted by molar-refractivity contribution is -0.286. The fourth-order valence-corrected chi connectivity index (χ4v) is 3.02. The van der Waals surface area contributed by atoms with E-state index in [4.69, 9.17) is 17.3 Å². The first-order valence-corrected chi connectivity index (χ1v) is 8.82. The SMILES string of the molecule is C=NS/C(C(=O)Nc1ccc(-c2cc3c(cc2Cl)OC(F)(F)O3)cn1)=C(/C)N. The maximum Gasteiger partial charge on any atom is 0.586 e. The molecule has 0 saturated carbocycles. The highest BCUT2D eigenvalue weighted by Gasteiger charge is 2.43. The maximum absolute atomic E-state index is 13.2. The lowest BCUT2D eigenvalue weighted by atomic mass is 10.1. The van der Waals surface area contributed by atoms with E-state index in [1.165, 1.54) is 24.4 Å². The van der Waals surface area contributed by atoms with Crippen molar-refractivity contribution in [3.8, 4) is 22.6 Å². The summed E-state index contributed by atoms with van der Waals surface area (Å²) in [5.41, 5.74) is 6.88. The van der Waals surface area contributed by atoms with E-state index in [-0.39, 0.29) is 32.9 Å². The van der Waals surface area contributed by atoms with Gasteiger partial charge in [0.15, 0.2) is 11.5 Å². The van der Waals surface area contributed by atoms with Crippen LogP contribution < -0.4 is 20.5 Å². The van der Waals surface area contributed by atoms with E-state index in [1.807, 2.05) is 0 Å². The maximum atomic E-state index is 13.2. The molecule has 2 heterocycles. The number of nitrogens with two attached hydrogens (primary N) is 1. The number of benzene rings is 1. The lowest BCUT2D eigenvalue weighted by Crippen LogP contribution is -2.25. The number of pyridine rings is 1. The van der Waals surface area contributed by atoms with Crippen LogP contribution in [0.15, 0.2) is 45.5 Å². The van der Waals surface area contributed by atoms with Crippen LogP contribution in [0.25, 0.3) is 11.1 Å². The second-order valence-electron chi connectivity index (χ2n) is 5.57. The molecule has 3 N–H and O–H groups in total. The Morgan fingerprint density at radius 2 is 2.04 bits per heavy atom. The highest BCUT2D eigenvalue weighted by molar-refractivity contribution is 8.02. The van der Waals surface area contributed by atoms with Gasteiger partial charge in [0.25, 0.3) is 5.91 Å². The molecule has 0 bridgehead atoms. The molecule has 0 fully saturated rings. The quantitative estimate of drug-likeness (QED) is 0.422. The molecule has 0 aliphatic carbocycles. The van der Waals surface area contributed by atoms with Crippen molar-refractivity contribution in [2.75, 3.05) is 5.32 Å². The number of fused-ring (bicyclic) bond motifs is 1. The number of nitrogens with one attached hydrogen (secondary N) is 1. The van der Waals surface area contributed by atoms with Crippen molar-refractivity contribution >= 4 is 42.0 Å². The Kier molecular flexibility index (Phi) is 5.43. The van der Waals surface area contributed by atoms with E-state index < -0.39 is 12.2 Å². The van der Waals surface area contributed by atoms with Gasteiger partial charge in [-0.15, -0.1) is 8.78 Å². The van der Waals surface area contributed by atoms with Crippen LogP contribution in [0.2, 0.25) is 5.02 Å². The zero-order valence-corrected chi connectivity index (χ0v) is 15.9. The summed E-state index contributed by atoms with van der Waals surface area (Å²) in [7, 11) is 0. The number of rotatable bonds is 5. The summed E-state index contributed by atoms with van der Waals surface area (Å²) in [6.07, 6.45) is -2.31. The summed E-state index contributed by atoms with van der Waals surface area (Å²) >= 11 is 7.00. The molecule has 1 aromatic heterocycles. The van der Waals surface area contributed by atoms with E-state index in [2.05, 4.69) is 30.9 Å². The van der Waals surface area contributed by atoms with Gasteiger partial charge < -0.3 is 20.5 Å². The van der Waals surface area contributed by atoms with Crippen molar-refractivity contribution in [2.24, 2.45) is 10.1 Å². The number of aromatic nitrogens is 1. The molecule has 11 heteroatoms. The molecule has 1 aliphatic rings. The van der Waals surface area contributed by atoms with E-state index >= 15 is 0 Å². The summed E-state index contributed by atoms with van der Waals surface area (Å²) in [5, 5.41) is 2.76. The normalized spacial score (nSPS) is 15.0. The average Bonchev–Trinajstić information content (AvgIpc) is 2.92. The summed E-state index contributed by atoms with van der Waals surface area (Å²) in [4.78, 5) is 16.5. The third-order valence-corrected chi connectivity index (χ3v) is 4.66. The molecule has 0 saturated heterocycles. The van der Waals surface area contributed by atoms with Gasteiger partial charge in [-0.3, -0.25) is 4.79 Å². The molecule has 1 aliphatic heterocycles. The number of allylic oxidation sites excluding steroid dienone is 1. The van der Waals surface area contributed by atoms with Gasteiger partial charge >= 0.3 is 6.29 Å². The van der Waals surface area contributed by atoms with Crippen LogP contribution in [0.5, 0.6) is 11.5 Å². The zero-order valence-electron chi connectivity index (χ0n) is 14.3. The number of amides is 1. The Hall–Kier alpha value is -2.85. The number of nitrogens with zero attached hydrogens (tertiary/aromatic N) is 2. The van der Waals surface area contributed by atoms with E-state index in [9.17, 15) is 13.6 Å². The van der Waals surface area contributed by atoms with Crippen LogP contribution in [0.4, 0.5) is 14.6 Å². The zero-order chi connectivity index (χ0) is 20.5. The number of carbonyl (C=O) groups excluding carboxylic acids is 1. The lowest BCUT2D eigenvalue weighted by Gasteiger charge is -2.09. The summed E-state index contributed by atoms with van der Waals surface area (Å²) in [6.45, 7) is 4.87. The number of carbonyl (C=O) groups is 1. The number of hydrogen-bond donors (Lipinski definition) is 2. The third kappa shape index (κ3) is 4.18. The standard InChI is InChI=1S/C17H13ClF2N4O3S/c1-8(21)15(28-22-2)16(25)24-14-4-3-9(7-23-14)10-5-12-13(6-11(10)18)27-17(19,20)26-12/h3-7H,2,21H2,1H3,(H,23,24,25)/b15-8-. The molecular weight excluding hydrogens is 414 g/mol. The summed E-state index contributed by atoms with van der Waals surface area (Å²) in [5.74, 6) is -0.522. The van der Waals surface area contributed by atoms with Crippen molar-refractivity contribution in [3.05, 3.63) is 46.1 Å². The van der Waals surface area contributed by atoms with E-state index in [0.717, 1.165) is 11.9 Å². The Balaban J connectivity index is 1.82. The van der Waals surface area contributed by atoms with Gasteiger partial charge in [-0.1, -0.05) is 11.6 Å². The van der Waals surface area contributed by atoms with Crippen LogP contribution in [0, 0.1) is 0 Å². The number of ether oxygens (including phenoxy) is 2. The fourth-order valence-electron chi connectivity index (χ4n) is 2.35. The van der Waals surface area contributed by atoms with Crippen molar-refractivity contribution in [1.82, 2.24) is 4.98 Å². The Morgan fingerprint density at radius 1 is 1.36 bits per heavy atom. The van der Waals surface area contributed by atoms with Gasteiger partial charge in [-0.25, -0.2) is 9.38 Å². The second kappa shape index (κ2) is 7.64. The first-order chi connectivity index (χ1) is 13.2. The molecule has 1 aromatic carbocycles. The van der Waals surface area contributed by atoms with Gasteiger partial charge in [0.05, 0.1) is 5.02 Å². The molecule has 0 atom stereocenters. The minimum atomic E-state index is -3.73. The van der Waals surface area contributed by atoms with E-state index in [0.29, 0.717) is 11.1 Å². The van der Waals surface area contributed by atoms with Gasteiger partial charge in [0.2, 0.25) is 0 Å². The Bertz CT molecular complexity index is 979. The predicted octanol–water partition coefficient (Wildman–Crippen LogP) is 4.20. The monoisotopic (exact) mass is 426 g/mol. The highest BCUT2D eigenvalue weighted by Crippen LogP contribution is 2.46. The molecule has 28 heavy (non-hydrogen) atoms. The number of hydrogen-bond acceptors (Lipinski definition) is 7. The topological polar surface area (TPSA) is 98.8 Å². The van der Waals surface area contributed by atoms with Crippen molar-refractivity contribution in [3.63, 3.8) is 0 Å².